The van der Waals surface area contributed by atoms with Crippen molar-refractivity contribution >= 4 is 0 Å². The summed E-state index contributed by atoms with van der Waals surface area (Å²) in [5, 5.41) is 8.91. The van der Waals surface area contributed by atoms with Crippen molar-refractivity contribution in [2.24, 2.45) is 0 Å². The molecular formula is C13H24O7. The van der Waals surface area contributed by atoms with Crippen LogP contribution in [0.2, 0.25) is 0 Å². The smallest absolute Gasteiger partial charge is 0.104 e. The van der Waals surface area contributed by atoms with E-state index in [1.807, 2.05) is 0 Å². The van der Waals surface area contributed by atoms with Crippen LogP contribution < -0.4 is 0 Å². The van der Waals surface area contributed by atoms with Crippen LogP contribution in [-0.4, -0.2) is 89.5 Å². The summed E-state index contributed by atoms with van der Waals surface area (Å²) in [4.78, 5) is 0. The van der Waals surface area contributed by atoms with Crippen molar-refractivity contribution in [2.45, 2.75) is 24.4 Å². The number of aliphatic hydroxyl groups is 1. The summed E-state index contributed by atoms with van der Waals surface area (Å²) in [5.41, 5.74) is 0. The zero-order valence-electron chi connectivity index (χ0n) is 11.9. The molecule has 2 fully saturated rings. The summed E-state index contributed by atoms with van der Waals surface area (Å²) in [6.45, 7) is 3.37. The van der Waals surface area contributed by atoms with E-state index in [4.69, 9.17) is 33.5 Å². The quantitative estimate of drug-likeness (QED) is 0.659. The third kappa shape index (κ3) is 5.25. The SMILES string of the molecule is COCC1COC(COCC2COC(CO)CO2)CO1. The van der Waals surface area contributed by atoms with Gasteiger partial charge in [-0.15, -0.1) is 0 Å². The van der Waals surface area contributed by atoms with Crippen molar-refractivity contribution in [3.63, 3.8) is 0 Å². The van der Waals surface area contributed by atoms with Gasteiger partial charge in [0.2, 0.25) is 0 Å². The summed E-state index contributed by atoms with van der Waals surface area (Å²) in [6, 6.07) is 0. The van der Waals surface area contributed by atoms with E-state index in [-0.39, 0.29) is 31.0 Å². The molecule has 2 rings (SSSR count). The maximum absolute atomic E-state index is 8.91. The third-order valence-electron chi connectivity index (χ3n) is 3.23. The topological polar surface area (TPSA) is 75.6 Å². The van der Waals surface area contributed by atoms with E-state index in [1.54, 1.807) is 7.11 Å². The first-order valence-corrected chi connectivity index (χ1v) is 6.95. The molecule has 0 spiro atoms. The van der Waals surface area contributed by atoms with Gasteiger partial charge in [-0.05, 0) is 0 Å². The van der Waals surface area contributed by atoms with Gasteiger partial charge in [0.15, 0.2) is 0 Å². The fourth-order valence-electron chi connectivity index (χ4n) is 2.08. The van der Waals surface area contributed by atoms with E-state index < -0.39 is 0 Å². The predicted molar refractivity (Wildman–Crippen MR) is 68.7 cm³/mol. The number of ether oxygens (including phenoxy) is 6. The van der Waals surface area contributed by atoms with Gasteiger partial charge in [-0.1, -0.05) is 0 Å². The van der Waals surface area contributed by atoms with Gasteiger partial charge in [-0.25, -0.2) is 0 Å². The number of hydrogen-bond acceptors (Lipinski definition) is 7. The summed E-state index contributed by atoms with van der Waals surface area (Å²) in [7, 11) is 1.64. The molecule has 2 heterocycles. The van der Waals surface area contributed by atoms with Crippen molar-refractivity contribution < 1.29 is 33.5 Å². The average Bonchev–Trinajstić information content (AvgIpc) is 2.50. The molecule has 4 atom stereocenters. The van der Waals surface area contributed by atoms with Crippen molar-refractivity contribution in [3.8, 4) is 0 Å². The number of aliphatic hydroxyl groups excluding tert-OH is 1. The molecule has 0 aromatic heterocycles. The molecule has 2 aliphatic heterocycles. The Morgan fingerprint density at radius 1 is 0.800 bits per heavy atom. The minimum Gasteiger partial charge on any atom is -0.394 e. The molecule has 4 unspecified atom stereocenters. The van der Waals surface area contributed by atoms with Crippen LogP contribution in [0.1, 0.15) is 0 Å². The lowest BCUT2D eigenvalue weighted by Gasteiger charge is -2.30. The molecule has 7 nitrogen and oxygen atoms in total. The van der Waals surface area contributed by atoms with Crippen molar-refractivity contribution in [3.05, 3.63) is 0 Å². The van der Waals surface area contributed by atoms with Crippen LogP contribution in [0, 0.1) is 0 Å². The first-order valence-electron chi connectivity index (χ1n) is 6.95. The monoisotopic (exact) mass is 292 g/mol. The van der Waals surface area contributed by atoms with E-state index in [0.29, 0.717) is 46.2 Å². The number of methoxy groups -OCH3 is 1. The Kier molecular flexibility index (Phi) is 7.15. The second-order valence-corrected chi connectivity index (χ2v) is 5.00. The molecule has 2 saturated heterocycles. The van der Waals surface area contributed by atoms with E-state index in [9.17, 15) is 0 Å². The van der Waals surface area contributed by atoms with E-state index in [2.05, 4.69) is 0 Å². The Morgan fingerprint density at radius 2 is 1.25 bits per heavy atom. The number of hydrogen-bond donors (Lipinski definition) is 1. The molecule has 0 bridgehead atoms. The predicted octanol–water partition coefficient (Wildman–Crippen LogP) is -0.790. The molecule has 0 radical (unpaired) electrons. The molecule has 0 aromatic carbocycles. The largest absolute Gasteiger partial charge is 0.394 e. The molecule has 0 amide bonds. The molecule has 2 aliphatic rings. The van der Waals surface area contributed by atoms with Crippen molar-refractivity contribution in [2.75, 3.05) is 60.0 Å². The molecule has 1 N–H and O–H groups in total. The van der Waals surface area contributed by atoms with Crippen LogP contribution in [0.3, 0.4) is 0 Å². The molecule has 118 valence electrons. The summed E-state index contributed by atoms with van der Waals surface area (Å²) >= 11 is 0. The van der Waals surface area contributed by atoms with Gasteiger partial charge >= 0.3 is 0 Å². The second kappa shape index (κ2) is 8.89. The fraction of sp³-hybridized carbons (Fsp3) is 1.00. The molecule has 20 heavy (non-hydrogen) atoms. The summed E-state index contributed by atoms with van der Waals surface area (Å²) < 4.78 is 32.7. The van der Waals surface area contributed by atoms with E-state index in [0.717, 1.165) is 0 Å². The average molecular weight is 292 g/mol. The van der Waals surface area contributed by atoms with Crippen LogP contribution in [-0.2, 0) is 28.4 Å². The van der Waals surface area contributed by atoms with Crippen LogP contribution in [0.4, 0.5) is 0 Å². The van der Waals surface area contributed by atoms with Gasteiger partial charge in [-0.3, -0.25) is 0 Å². The lowest BCUT2D eigenvalue weighted by Crippen LogP contribution is -2.42. The second-order valence-electron chi connectivity index (χ2n) is 5.00. The Labute approximate surface area is 119 Å². The standard InChI is InChI=1S/C13H24O7/c1-15-3-11-7-20-13(9-19-11)5-16-4-12-8-17-10(2-14)6-18-12/h10-14H,2-9H2,1H3. The van der Waals surface area contributed by atoms with Crippen LogP contribution in [0.15, 0.2) is 0 Å². The highest BCUT2D eigenvalue weighted by molar-refractivity contribution is 4.69. The zero-order valence-corrected chi connectivity index (χ0v) is 11.9. The highest BCUT2D eigenvalue weighted by Crippen LogP contribution is 2.10. The minimum absolute atomic E-state index is 0.0104. The molecule has 7 heteroatoms. The zero-order chi connectivity index (χ0) is 14.2. The van der Waals surface area contributed by atoms with Gasteiger partial charge in [-0.2, -0.15) is 0 Å². The molecule has 0 saturated carbocycles. The molecule has 0 aromatic rings. The van der Waals surface area contributed by atoms with Gasteiger partial charge in [0.1, 0.15) is 24.4 Å². The first-order chi connectivity index (χ1) is 9.81. The highest BCUT2D eigenvalue weighted by Gasteiger charge is 2.24. The lowest BCUT2D eigenvalue weighted by molar-refractivity contribution is -0.183. The maximum atomic E-state index is 8.91. The third-order valence-corrected chi connectivity index (χ3v) is 3.23. The fourth-order valence-corrected chi connectivity index (χ4v) is 2.08. The van der Waals surface area contributed by atoms with E-state index >= 15 is 0 Å². The minimum atomic E-state index is -0.209. The maximum Gasteiger partial charge on any atom is 0.104 e. The number of rotatable bonds is 7. The lowest BCUT2D eigenvalue weighted by atomic mass is 10.3. The summed E-state index contributed by atoms with van der Waals surface area (Å²) in [5.74, 6) is 0. The van der Waals surface area contributed by atoms with Crippen LogP contribution in [0.25, 0.3) is 0 Å². The van der Waals surface area contributed by atoms with Gasteiger partial charge < -0.3 is 33.5 Å². The van der Waals surface area contributed by atoms with Crippen molar-refractivity contribution in [1.29, 1.82) is 0 Å². The summed E-state index contributed by atoms with van der Waals surface area (Å²) in [6.07, 6.45) is -0.317. The Morgan fingerprint density at radius 3 is 1.65 bits per heavy atom. The first kappa shape index (κ1) is 16.1. The van der Waals surface area contributed by atoms with Gasteiger partial charge in [0, 0.05) is 7.11 Å². The van der Waals surface area contributed by atoms with E-state index in [1.165, 1.54) is 0 Å². The molecule has 0 aliphatic carbocycles. The van der Waals surface area contributed by atoms with Crippen molar-refractivity contribution in [1.82, 2.24) is 0 Å². The highest BCUT2D eigenvalue weighted by atomic mass is 16.6. The normalized spacial score (nSPS) is 35.1. The Balaban J connectivity index is 1.52. The van der Waals surface area contributed by atoms with Gasteiger partial charge in [0.25, 0.3) is 0 Å². The Bertz CT molecular complexity index is 247. The van der Waals surface area contributed by atoms with Crippen LogP contribution in [0.5, 0.6) is 0 Å². The van der Waals surface area contributed by atoms with Crippen LogP contribution >= 0.6 is 0 Å². The van der Waals surface area contributed by atoms with Gasteiger partial charge in [0.05, 0.1) is 52.9 Å². The molecular weight excluding hydrogens is 268 g/mol. The Hall–Kier alpha value is -0.280.